The number of amides is 1. The van der Waals surface area contributed by atoms with E-state index in [9.17, 15) is 4.79 Å². The molecule has 4 heteroatoms. The Morgan fingerprint density at radius 1 is 1.41 bits per heavy atom. The van der Waals surface area contributed by atoms with E-state index >= 15 is 0 Å². The minimum absolute atomic E-state index is 0.150. The number of carbonyl (C=O) groups excluding carboxylic acids is 1. The van der Waals surface area contributed by atoms with Gasteiger partial charge in [0.2, 0.25) is 0 Å². The Bertz CT molecular complexity index is 248. The van der Waals surface area contributed by atoms with Crippen LogP contribution in [-0.2, 0) is 4.74 Å². The van der Waals surface area contributed by atoms with Crippen molar-refractivity contribution >= 4 is 6.09 Å². The maximum Gasteiger partial charge on any atom is 0.410 e. The van der Waals surface area contributed by atoms with Gasteiger partial charge in [0, 0.05) is 13.1 Å². The van der Waals surface area contributed by atoms with E-state index in [1.807, 2.05) is 25.7 Å². The van der Waals surface area contributed by atoms with Gasteiger partial charge in [0.1, 0.15) is 0 Å². The molecule has 2 N–H and O–H groups in total. The van der Waals surface area contributed by atoms with Crippen molar-refractivity contribution < 1.29 is 9.53 Å². The maximum atomic E-state index is 12.1. The summed E-state index contributed by atoms with van der Waals surface area (Å²) >= 11 is 0. The third-order valence-electron chi connectivity index (χ3n) is 3.56. The first kappa shape index (κ1) is 14.3. The molecule has 0 saturated heterocycles. The summed E-state index contributed by atoms with van der Waals surface area (Å²) in [4.78, 5) is 13.9. The highest BCUT2D eigenvalue weighted by atomic mass is 16.6. The van der Waals surface area contributed by atoms with E-state index in [4.69, 9.17) is 10.5 Å². The van der Waals surface area contributed by atoms with Crippen LogP contribution in [0.25, 0.3) is 0 Å². The standard InChI is InChI=1S/C13H26N2O2/c1-4-15(12(16)17-9-11(2)3)13(10-14)7-5-6-8-13/h11H,4-10,14H2,1-3H3. The Morgan fingerprint density at radius 2 is 2.00 bits per heavy atom. The van der Waals surface area contributed by atoms with Gasteiger partial charge in [-0.05, 0) is 25.7 Å². The lowest BCUT2D eigenvalue weighted by Crippen LogP contribution is -2.54. The van der Waals surface area contributed by atoms with Crippen molar-refractivity contribution in [3.05, 3.63) is 0 Å². The lowest BCUT2D eigenvalue weighted by atomic mass is 9.95. The Kier molecular flexibility index (Phi) is 5.25. The van der Waals surface area contributed by atoms with Crippen molar-refractivity contribution in [3.63, 3.8) is 0 Å². The second kappa shape index (κ2) is 6.24. The van der Waals surface area contributed by atoms with E-state index < -0.39 is 0 Å². The number of rotatable bonds is 5. The van der Waals surface area contributed by atoms with Crippen LogP contribution in [0, 0.1) is 5.92 Å². The maximum absolute atomic E-state index is 12.1. The molecule has 0 unspecified atom stereocenters. The van der Waals surface area contributed by atoms with Crippen LogP contribution < -0.4 is 5.73 Å². The van der Waals surface area contributed by atoms with Crippen LogP contribution in [0.15, 0.2) is 0 Å². The minimum Gasteiger partial charge on any atom is -0.449 e. The Morgan fingerprint density at radius 3 is 2.41 bits per heavy atom. The van der Waals surface area contributed by atoms with Gasteiger partial charge in [-0.1, -0.05) is 26.7 Å². The summed E-state index contributed by atoms with van der Waals surface area (Å²) in [5.74, 6) is 0.370. The third-order valence-corrected chi connectivity index (χ3v) is 3.56. The summed E-state index contributed by atoms with van der Waals surface area (Å²) < 4.78 is 5.33. The molecule has 1 amide bonds. The summed E-state index contributed by atoms with van der Waals surface area (Å²) in [6.07, 6.45) is 4.13. The van der Waals surface area contributed by atoms with Gasteiger partial charge in [0.15, 0.2) is 0 Å². The average molecular weight is 242 g/mol. The van der Waals surface area contributed by atoms with Gasteiger partial charge < -0.3 is 15.4 Å². The van der Waals surface area contributed by atoms with Crippen LogP contribution in [0.4, 0.5) is 4.79 Å². The molecule has 1 rings (SSSR count). The molecule has 0 spiro atoms. The molecule has 0 heterocycles. The lowest BCUT2D eigenvalue weighted by molar-refractivity contribution is 0.0499. The second-order valence-electron chi connectivity index (χ2n) is 5.35. The second-order valence-corrected chi connectivity index (χ2v) is 5.35. The van der Waals surface area contributed by atoms with Gasteiger partial charge in [-0.15, -0.1) is 0 Å². The number of hydrogen-bond donors (Lipinski definition) is 1. The molecule has 0 radical (unpaired) electrons. The molecule has 0 aliphatic heterocycles. The number of hydrogen-bond acceptors (Lipinski definition) is 3. The van der Waals surface area contributed by atoms with Gasteiger partial charge in [0.05, 0.1) is 12.1 Å². The van der Waals surface area contributed by atoms with Gasteiger partial charge in [-0.25, -0.2) is 4.79 Å². The van der Waals surface area contributed by atoms with Crippen LogP contribution in [-0.4, -0.2) is 36.2 Å². The van der Waals surface area contributed by atoms with Crippen LogP contribution in [0.5, 0.6) is 0 Å². The molecule has 0 atom stereocenters. The molecular formula is C13H26N2O2. The van der Waals surface area contributed by atoms with E-state index in [2.05, 4.69) is 0 Å². The number of nitrogens with two attached hydrogens (primary N) is 1. The van der Waals surface area contributed by atoms with Gasteiger partial charge in [-0.3, -0.25) is 0 Å². The molecule has 0 aromatic heterocycles. The molecule has 100 valence electrons. The lowest BCUT2D eigenvalue weighted by Gasteiger charge is -2.39. The number of carbonyl (C=O) groups is 1. The zero-order chi connectivity index (χ0) is 12.9. The van der Waals surface area contributed by atoms with Crippen molar-refractivity contribution in [3.8, 4) is 0 Å². The molecule has 0 aromatic rings. The van der Waals surface area contributed by atoms with Crippen molar-refractivity contribution in [2.75, 3.05) is 19.7 Å². The summed E-state index contributed by atoms with van der Waals surface area (Å²) in [6.45, 7) is 7.77. The SMILES string of the molecule is CCN(C(=O)OCC(C)C)C1(CN)CCCC1. The first-order valence-corrected chi connectivity index (χ1v) is 6.70. The quantitative estimate of drug-likeness (QED) is 0.805. The van der Waals surface area contributed by atoms with Crippen molar-refractivity contribution in [2.45, 2.75) is 52.0 Å². The fourth-order valence-corrected chi connectivity index (χ4v) is 2.59. The summed E-state index contributed by atoms with van der Waals surface area (Å²) in [5.41, 5.74) is 5.74. The third kappa shape index (κ3) is 3.35. The van der Waals surface area contributed by atoms with E-state index in [-0.39, 0.29) is 11.6 Å². The first-order chi connectivity index (χ1) is 8.05. The van der Waals surface area contributed by atoms with Gasteiger partial charge in [-0.2, -0.15) is 0 Å². The predicted molar refractivity (Wildman–Crippen MR) is 68.8 cm³/mol. The fraction of sp³-hybridized carbons (Fsp3) is 0.923. The molecule has 1 fully saturated rings. The Balaban J connectivity index is 2.65. The fourth-order valence-electron chi connectivity index (χ4n) is 2.59. The topological polar surface area (TPSA) is 55.6 Å². The highest BCUT2D eigenvalue weighted by Gasteiger charge is 2.40. The first-order valence-electron chi connectivity index (χ1n) is 6.70. The molecule has 0 aromatic carbocycles. The predicted octanol–water partition coefficient (Wildman–Crippen LogP) is 2.37. The van der Waals surface area contributed by atoms with E-state index in [1.165, 1.54) is 0 Å². The molecule has 17 heavy (non-hydrogen) atoms. The molecule has 1 saturated carbocycles. The minimum atomic E-state index is -0.200. The summed E-state index contributed by atoms with van der Waals surface area (Å²) in [6, 6.07) is 0. The number of ether oxygens (including phenoxy) is 1. The number of nitrogens with zero attached hydrogens (tertiary/aromatic N) is 1. The zero-order valence-corrected chi connectivity index (χ0v) is 11.4. The monoisotopic (exact) mass is 242 g/mol. The van der Waals surface area contributed by atoms with Crippen LogP contribution in [0.1, 0.15) is 46.5 Å². The van der Waals surface area contributed by atoms with Gasteiger partial charge >= 0.3 is 6.09 Å². The molecular weight excluding hydrogens is 216 g/mol. The van der Waals surface area contributed by atoms with Crippen LogP contribution in [0.3, 0.4) is 0 Å². The summed E-state index contributed by atoms with van der Waals surface area (Å²) in [7, 11) is 0. The van der Waals surface area contributed by atoms with E-state index in [0.29, 0.717) is 25.6 Å². The smallest absolute Gasteiger partial charge is 0.410 e. The van der Waals surface area contributed by atoms with Crippen LogP contribution >= 0.6 is 0 Å². The molecule has 1 aliphatic carbocycles. The largest absolute Gasteiger partial charge is 0.449 e. The molecule has 4 nitrogen and oxygen atoms in total. The zero-order valence-electron chi connectivity index (χ0n) is 11.4. The van der Waals surface area contributed by atoms with E-state index in [0.717, 1.165) is 25.7 Å². The molecule has 0 bridgehead atoms. The Hall–Kier alpha value is -0.770. The van der Waals surface area contributed by atoms with Crippen molar-refractivity contribution in [1.29, 1.82) is 0 Å². The molecule has 1 aliphatic rings. The highest BCUT2D eigenvalue weighted by molar-refractivity contribution is 5.68. The average Bonchev–Trinajstić information content (AvgIpc) is 2.77. The van der Waals surface area contributed by atoms with Crippen molar-refractivity contribution in [2.24, 2.45) is 11.7 Å². The summed E-state index contributed by atoms with van der Waals surface area (Å²) in [5, 5.41) is 0. The van der Waals surface area contributed by atoms with Crippen molar-refractivity contribution in [1.82, 2.24) is 4.90 Å². The van der Waals surface area contributed by atoms with E-state index in [1.54, 1.807) is 0 Å². The Labute approximate surface area is 104 Å². The highest BCUT2D eigenvalue weighted by Crippen LogP contribution is 2.34. The number of likely N-dealkylation sites (N-methyl/N-ethyl adjacent to an activating group) is 1. The normalized spacial score (nSPS) is 18.4. The van der Waals surface area contributed by atoms with Gasteiger partial charge in [0.25, 0.3) is 0 Å². The van der Waals surface area contributed by atoms with Crippen LogP contribution in [0.2, 0.25) is 0 Å².